The summed E-state index contributed by atoms with van der Waals surface area (Å²) in [4.78, 5) is 12.0. The molecule has 0 aliphatic heterocycles. The molecule has 0 bridgehead atoms. The number of benzene rings is 1. The van der Waals surface area contributed by atoms with E-state index in [1.54, 1.807) is 27.0 Å². The highest BCUT2D eigenvalue weighted by Crippen LogP contribution is 2.36. The third kappa shape index (κ3) is 4.13. The first-order chi connectivity index (χ1) is 12.1. The minimum absolute atomic E-state index is 0.380. The van der Waals surface area contributed by atoms with E-state index in [2.05, 4.69) is 6.08 Å². The summed E-state index contributed by atoms with van der Waals surface area (Å²) < 4.78 is 16.5. The van der Waals surface area contributed by atoms with Gasteiger partial charge in [0.25, 0.3) is 0 Å². The van der Waals surface area contributed by atoms with Crippen LogP contribution in [0.2, 0.25) is 0 Å². The van der Waals surface area contributed by atoms with E-state index in [1.165, 1.54) is 7.11 Å². The van der Waals surface area contributed by atoms with Crippen molar-refractivity contribution >= 4 is 18.9 Å². The number of carbonyl (C=O) groups is 1. The molecule has 0 aromatic heterocycles. The van der Waals surface area contributed by atoms with Gasteiger partial charge in [0.15, 0.2) is 0 Å². The van der Waals surface area contributed by atoms with E-state index >= 15 is 0 Å². The zero-order valence-electron chi connectivity index (χ0n) is 16.6. The van der Waals surface area contributed by atoms with E-state index < -0.39 is 17.2 Å². The van der Waals surface area contributed by atoms with Crippen molar-refractivity contribution in [3.63, 3.8) is 0 Å². The number of ether oxygens (including phenoxy) is 2. The van der Waals surface area contributed by atoms with Gasteiger partial charge in [-0.1, -0.05) is 12.1 Å². The molecule has 1 aliphatic rings. The standard InChI is InChI=1S/C20H29BO5/c1-19(2,23)20(3,4)26-21-16-10-8-7-9-14-13(16)11-12-15(17(14)24-5)18(22)25-6/h10-12,21,23H,7-9H2,1-6H3. The Hall–Kier alpha value is -1.79. The number of hydrogen-bond donors (Lipinski definition) is 1. The molecular formula is C20H29BO5. The molecule has 0 amide bonds. The number of carbonyl (C=O) groups excluding carboxylic acids is 1. The zero-order valence-corrected chi connectivity index (χ0v) is 16.6. The average molecular weight is 360 g/mol. The minimum Gasteiger partial charge on any atom is -0.496 e. The Labute approximate surface area is 156 Å². The van der Waals surface area contributed by atoms with Crippen LogP contribution in [0.1, 0.15) is 62.0 Å². The van der Waals surface area contributed by atoms with Crippen molar-refractivity contribution in [2.75, 3.05) is 14.2 Å². The molecular weight excluding hydrogens is 331 g/mol. The number of esters is 1. The predicted molar refractivity (Wildman–Crippen MR) is 104 cm³/mol. The van der Waals surface area contributed by atoms with Crippen molar-refractivity contribution in [3.8, 4) is 5.75 Å². The van der Waals surface area contributed by atoms with Gasteiger partial charge in [-0.25, -0.2) is 4.79 Å². The summed E-state index contributed by atoms with van der Waals surface area (Å²) in [5, 5.41) is 10.3. The molecule has 0 saturated heterocycles. The third-order valence-electron chi connectivity index (χ3n) is 5.30. The number of fused-ring (bicyclic) bond motifs is 1. The number of rotatable bonds is 6. The second-order valence-corrected chi connectivity index (χ2v) is 7.64. The van der Waals surface area contributed by atoms with Crippen LogP contribution in [-0.4, -0.2) is 44.0 Å². The van der Waals surface area contributed by atoms with Gasteiger partial charge in [-0.15, -0.1) is 0 Å². The van der Waals surface area contributed by atoms with Crippen molar-refractivity contribution in [3.05, 3.63) is 34.9 Å². The molecule has 6 heteroatoms. The van der Waals surface area contributed by atoms with Gasteiger partial charge in [0.1, 0.15) is 11.3 Å². The fraction of sp³-hybridized carbons (Fsp3) is 0.550. The van der Waals surface area contributed by atoms with Crippen molar-refractivity contribution < 1.29 is 24.0 Å². The minimum atomic E-state index is -0.965. The van der Waals surface area contributed by atoms with Gasteiger partial charge in [0.05, 0.1) is 25.4 Å². The van der Waals surface area contributed by atoms with Crippen molar-refractivity contribution in [2.45, 2.75) is 58.2 Å². The number of hydrogen-bond acceptors (Lipinski definition) is 5. The van der Waals surface area contributed by atoms with Crippen molar-refractivity contribution in [2.24, 2.45) is 0 Å². The molecule has 1 aromatic rings. The molecule has 5 nitrogen and oxygen atoms in total. The van der Waals surface area contributed by atoms with Crippen LogP contribution >= 0.6 is 0 Å². The Kier molecular flexibility index (Phi) is 6.19. The number of methoxy groups -OCH3 is 2. The molecule has 1 N–H and O–H groups in total. The topological polar surface area (TPSA) is 65.0 Å². The van der Waals surface area contributed by atoms with Crippen molar-refractivity contribution in [1.29, 1.82) is 0 Å². The number of aliphatic hydroxyl groups is 1. The molecule has 26 heavy (non-hydrogen) atoms. The first kappa shape index (κ1) is 20.5. The van der Waals surface area contributed by atoms with Crippen LogP contribution in [-0.2, 0) is 15.8 Å². The largest absolute Gasteiger partial charge is 0.496 e. The highest BCUT2D eigenvalue weighted by Gasteiger charge is 2.36. The molecule has 1 aromatic carbocycles. The Morgan fingerprint density at radius 1 is 1.19 bits per heavy atom. The maximum atomic E-state index is 12.0. The van der Waals surface area contributed by atoms with Gasteiger partial charge in [-0.2, -0.15) is 0 Å². The molecule has 2 rings (SSSR count). The van der Waals surface area contributed by atoms with Gasteiger partial charge in [0.2, 0.25) is 0 Å². The Balaban J connectivity index is 2.39. The molecule has 1 aliphatic carbocycles. The maximum absolute atomic E-state index is 12.0. The zero-order chi connectivity index (χ0) is 19.5. The lowest BCUT2D eigenvalue weighted by molar-refractivity contribution is -0.0892. The first-order valence-electron chi connectivity index (χ1n) is 8.96. The van der Waals surface area contributed by atoms with Crippen LogP contribution < -0.4 is 4.74 Å². The molecule has 0 atom stereocenters. The summed E-state index contributed by atoms with van der Waals surface area (Å²) in [6, 6.07) is 3.67. The lowest BCUT2D eigenvalue weighted by Gasteiger charge is -2.38. The summed E-state index contributed by atoms with van der Waals surface area (Å²) >= 11 is 0. The van der Waals surface area contributed by atoms with E-state index in [9.17, 15) is 9.90 Å². The fourth-order valence-corrected chi connectivity index (χ4v) is 2.92. The molecule has 0 spiro atoms. The van der Waals surface area contributed by atoms with Crippen LogP contribution in [0.5, 0.6) is 5.75 Å². The average Bonchev–Trinajstić information content (AvgIpc) is 2.79. The van der Waals surface area contributed by atoms with E-state index in [4.69, 9.17) is 14.1 Å². The summed E-state index contributed by atoms with van der Waals surface area (Å²) in [7, 11) is 3.32. The molecule has 0 saturated carbocycles. The van der Waals surface area contributed by atoms with Crippen LogP contribution in [0.3, 0.4) is 0 Å². The normalized spacial score (nSPS) is 14.8. The summed E-state index contributed by atoms with van der Waals surface area (Å²) in [5.41, 5.74) is 1.85. The molecule has 0 radical (unpaired) electrons. The Bertz CT molecular complexity index is 701. The van der Waals surface area contributed by atoms with Gasteiger partial charge >= 0.3 is 13.5 Å². The quantitative estimate of drug-likeness (QED) is 0.624. The van der Waals surface area contributed by atoms with E-state index in [0.29, 0.717) is 18.8 Å². The van der Waals surface area contributed by atoms with Gasteiger partial charge in [-0.3, -0.25) is 0 Å². The molecule has 0 unspecified atom stereocenters. The van der Waals surface area contributed by atoms with Crippen LogP contribution in [0.4, 0.5) is 0 Å². The first-order valence-corrected chi connectivity index (χ1v) is 8.96. The van der Waals surface area contributed by atoms with Crippen molar-refractivity contribution in [1.82, 2.24) is 0 Å². The fourth-order valence-electron chi connectivity index (χ4n) is 2.92. The van der Waals surface area contributed by atoms with E-state index in [1.807, 2.05) is 19.9 Å². The van der Waals surface area contributed by atoms with Gasteiger partial charge in [0, 0.05) is 5.56 Å². The Morgan fingerprint density at radius 2 is 1.88 bits per heavy atom. The highest BCUT2D eigenvalue weighted by atomic mass is 16.5. The molecule has 0 fully saturated rings. The van der Waals surface area contributed by atoms with Crippen LogP contribution in [0, 0.1) is 0 Å². The van der Waals surface area contributed by atoms with Gasteiger partial charge < -0.3 is 19.2 Å². The van der Waals surface area contributed by atoms with E-state index in [-0.39, 0.29) is 0 Å². The van der Waals surface area contributed by atoms with Gasteiger partial charge in [-0.05, 0) is 64.1 Å². The molecule has 0 heterocycles. The second-order valence-electron chi connectivity index (χ2n) is 7.64. The van der Waals surface area contributed by atoms with E-state index in [0.717, 1.165) is 35.9 Å². The summed E-state index contributed by atoms with van der Waals surface area (Å²) in [5.74, 6) is 0.169. The Morgan fingerprint density at radius 3 is 2.46 bits per heavy atom. The molecule has 142 valence electrons. The lowest BCUT2D eigenvalue weighted by atomic mass is 9.77. The second kappa shape index (κ2) is 7.84. The highest BCUT2D eigenvalue weighted by molar-refractivity contribution is 6.55. The monoisotopic (exact) mass is 360 g/mol. The summed E-state index contributed by atoms with van der Waals surface area (Å²) in [6.07, 6.45) is 4.88. The maximum Gasteiger partial charge on any atom is 0.341 e. The third-order valence-corrected chi connectivity index (χ3v) is 5.30. The summed E-state index contributed by atoms with van der Waals surface area (Å²) in [6.45, 7) is 7.25. The number of allylic oxidation sites excluding steroid dienone is 1. The predicted octanol–water partition coefficient (Wildman–Crippen LogP) is 3.08. The lowest BCUT2D eigenvalue weighted by Crippen LogP contribution is -2.48. The SMILES string of the molecule is COC(=O)c1ccc2c(c1OC)CCCC=C2BOC(C)(C)C(C)(C)O. The van der Waals surface area contributed by atoms with Crippen LogP contribution in [0.25, 0.3) is 5.47 Å². The van der Waals surface area contributed by atoms with Crippen LogP contribution in [0.15, 0.2) is 18.2 Å². The smallest absolute Gasteiger partial charge is 0.341 e.